The van der Waals surface area contributed by atoms with Gasteiger partial charge in [0.05, 0.1) is 18.2 Å². The van der Waals surface area contributed by atoms with Crippen molar-refractivity contribution in [2.24, 2.45) is 5.73 Å². The number of benzene rings is 1. The third kappa shape index (κ3) is 3.17. The zero-order valence-electron chi connectivity index (χ0n) is 11.6. The van der Waals surface area contributed by atoms with E-state index >= 15 is 0 Å². The highest BCUT2D eigenvalue weighted by Crippen LogP contribution is 2.27. The number of carbonyl (C=O) groups is 2. The fourth-order valence-corrected chi connectivity index (χ4v) is 2.30. The lowest BCUT2D eigenvalue weighted by molar-refractivity contribution is -0.121. The van der Waals surface area contributed by atoms with Crippen LogP contribution in [0.15, 0.2) is 18.2 Å². The summed E-state index contributed by atoms with van der Waals surface area (Å²) >= 11 is 0. The molecular formula is C15H20N2O3. The molecule has 0 spiro atoms. The van der Waals surface area contributed by atoms with Crippen LogP contribution >= 0.6 is 0 Å². The average molecular weight is 276 g/mol. The fraction of sp³-hybridized carbons (Fsp3) is 0.467. The van der Waals surface area contributed by atoms with Gasteiger partial charge in [0.15, 0.2) is 5.78 Å². The summed E-state index contributed by atoms with van der Waals surface area (Å²) < 4.78 is 5.65. The number of rotatable bonds is 4. The van der Waals surface area contributed by atoms with Crippen molar-refractivity contribution < 1.29 is 14.3 Å². The van der Waals surface area contributed by atoms with Gasteiger partial charge in [0.2, 0.25) is 5.91 Å². The molecule has 0 saturated carbocycles. The summed E-state index contributed by atoms with van der Waals surface area (Å²) in [5.74, 6) is 0.420. The van der Waals surface area contributed by atoms with Crippen LogP contribution in [0.2, 0.25) is 0 Å². The molecule has 1 atom stereocenters. The SMILES string of the molecule is Cc1cccc2c1OCCC(NC(=O)CCCN)C2=O. The van der Waals surface area contributed by atoms with Gasteiger partial charge in [-0.25, -0.2) is 0 Å². The molecule has 0 fully saturated rings. The second-order valence-electron chi connectivity index (χ2n) is 4.97. The first-order valence-electron chi connectivity index (χ1n) is 6.89. The summed E-state index contributed by atoms with van der Waals surface area (Å²) in [6, 6.07) is 4.97. The Morgan fingerprint density at radius 1 is 1.50 bits per heavy atom. The van der Waals surface area contributed by atoms with E-state index in [-0.39, 0.29) is 11.7 Å². The van der Waals surface area contributed by atoms with E-state index in [1.165, 1.54) is 0 Å². The van der Waals surface area contributed by atoms with Crippen molar-refractivity contribution >= 4 is 11.7 Å². The lowest BCUT2D eigenvalue weighted by atomic mass is 10.00. The molecule has 0 aliphatic carbocycles. The highest BCUT2D eigenvalue weighted by molar-refractivity contribution is 6.04. The lowest BCUT2D eigenvalue weighted by Crippen LogP contribution is -2.41. The van der Waals surface area contributed by atoms with E-state index in [1.807, 2.05) is 19.1 Å². The molecule has 1 unspecified atom stereocenters. The summed E-state index contributed by atoms with van der Waals surface area (Å²) in [6.07, 6.45) is 1.46. The van der Waals surface area contributed by atoms with E-state index in [9.17, 15) is 9.59 Å². The van der Waals surface area contributed by atoms with E-state index in [0.717, 1.165) is 5.56 Å². The normalized spacial score (nSPS) is 17.9. The fourth-order valence-electron chi connectivity index (χ4n) is 2.30. The number of amides is 1. The Morgan fingerprint density at radius 2 is 2.30 bits per heavy atom. The Kier molecular flexibility index (Phi) is 4.74. The maximum absolute atomic E-state index is 12.5. The maximum Gasteiger partial charge on any atom is 0.220 e. The highest BCUT2D eigenvalue weighted by Gasteiger charge is 2.28. The van der Waals surface area contributed by atoms with Gasteiger partial charge in [-0.2, -0.15) is 0 Å². The molecule has 5 nitrogen and oxygen atoms in total. The first-order valence-corrected chi connectivity index (χ1v) is 6.89. The monoisotopic (exact) mass is 276 g/mol. The lowest BCUT2D eigenvalue weighted by Gasteiger charge is -2.14. The molecule has 5 heteroatoms. The second-order valence-corrected chi connectivity index (χ2v) is 4.97. The van der Waals surface area contributed by atoms with Gasteiger partial charge < -0.3 is 15.8 Å². The van der Waals surface area contributed by atoms with Crippen LogP contribution in [-0.2, 0) is 4.79 Å². The van der Waals surface area contributed by atoms with Crippen LogP contribution in [0.4, 0.5) is 0 Å². The topological polar surface area (TPSA) is 81.4 Å². The van der Waals surface area contributed by atoms with Crippen molar-refractivity contribution in [2.75, 3.05) is 13.2 Å². The Labute approximate surface area is 118 Å². The van der Waals surface area contributed by atoms with Gasteiger partial charge in [0.1, 0.15) is 5.75 Å². The maximum atomic E-state index is 12.5. The molecule has 1 amide bonds. The first-order chi connectivity index (χ1) is 9.63. The Morgan fingerprint density at radius 3 is 3.05 bits per heavy atom. The van der Waals surface area contributed by atoms with E-state index in [2.05, 4.69) is 5.32 Å². The molecule has 2 rings (SSSR count). The molecule has 1 aromatic carbocycles. The van der Waals surface area contributed by atoms with Gasteiger partial charge in [-0.15, -0.1) is 0 Å². The second kappa shape index (κ2) is 6.52. The van der Waals surface area contributed by atoms with Crippen molar-refractivity contribution in [2.45, 2.75) is 32.2 Å². The minimum absolute atomic E-state index is 0.0812. The highest BCUT2D eigenvalue weighted by atomic mass is 16.5. The van der Waals surface area contributed by atoms with Crippen molar-refractivity contribution in [3.05, 3.63) is 29.3 Å². The number of fused-ring (bicyclic) bond motifs is 1. The van der Waals surface area contributed by atoms with Gasteiger partial charge in [-0.05, 0) is 31.5 Å². The van der Waals surface area contributed by atoms with Crippen LogP contribution in [0.3, 0.4) is 0 Å². The van der Waals surface area contributed by atoms with Crippen LogP contribution in [0.25, 0.3) is 0 Å². The van der Waals surface area contributed by atoms with Gasteiger partial charge in [0.25, 0.3) is 0 Å². The molecule has 3 N–H and O–H groups in total. The van der Waals surface area contributed by atoms with Crippen molar-refractivity contribution in [3.8, 4) is 5.75 Å². The molecule has 1 aromatic rings. The zero-order chi connectivity index (χ0) is 14.5. The van der Waals surface area contributed by atoms with Gasteiger partial charge >= 0.3 is 0 Å². The Balaban J connectivity index is 2.13. The summed E-state index contributed by atoms with van der Waals surface area (Å²) in [7, 11) is 0. The first kappa shape index (κ1) is 14.5. The third-order valence-corrected chi connectivity index (χ3v) is 3.39. The van der Waals surface area contributed by atoms with Gasteiger partial charge in [-0.1, -0.05) is 12.1 Å². The number of nitrogens with two attached hydrogens (primary N) is 1. The summed E-state index contributed by atoms with van der Waals surface area (Å²) in [6.45, 7) is 2.80. The summed E-state index contributed by atoms with van der Waals surface area (Å²) in [5, 5.41) is 2.78. The molecule has 1 aliphatic heterocycles. The molecule has 0 bridgehead atoms. The van der Waals surface area contributed by atoms with Crippen LogP contribution in [0.5, 0.6) is 5.75 Å². The van der Waals surface area contributed by atoms with Gasteiger partial charge in [0, 0.05) is 12.8 Å². The van der Waals surface area contributed by atoms with Crippen molar-refractivity contribution in [1.82, 2.24) is 5.32 Å². The quantitative estimate of drug-likeness (QED) is 0.865. The summed E-state index contributed by atoms with van der Waals surface area (Å²) in [4.78, 5) is 24.2. The van der Waals surface area contributed by atoms with Crippen LogP contribution in [-0.4, -0.2) is 30.9 Å². The van der Waals surface area contributed by atoms with Crippen LogP contribution in [0, 0.1) is 6.92 Å². The minimum atomic E-state index is -0.511. The number of hydrogen-bond acceptors (Lipinski definition) is 4. The molecule has 0 saturated heterocycles. The standard InChI is InChI=1S/C15H20N2O3/c1-10-4-2-5-11-14(19)12(7-9-20-15(10)11)17-13(18)6-3-8-16/h2,4-5,12H,3,6-9,16H2,1H3,(H,17,18). The largest absolute Gasteiger partial charge is 0.492 e. The van der Waals surface area contributed by atoms with Crippen LogP contribution < -0.4 is 15.8 Å². The molecule has 0 aromatic heterocycles. The van der Waals surface area contributed by atoms with E-state index in [4.69, 9.17) is 10.5 Å². The number of ether oxygens (including phenoxy) is 1. The van der Waals surface area contributed by atoms with Crippen LogP contribution in [0.1, 0.15) is 35.2 Å². The Bertz CT molecular complexity index is 514. The van der Waals surface area contributed by atoms with Crippen molar-refractivity contribution in [3.63, 3.8) is 0 Å². The number of ketones is 1. The molecule has 1 aliphatic rings. The predicted octanol–water partition coefficient (Wildman–Crippen LogP) is 1.18. The minimum Gasteiger partial charge on any atom is -0.492 e. The average Bonchev–Trinajstić information content (AvgIpc) is 2.59. The third-order valence-electron chi connectivity index (χ3n) is 3.39. The van der Waals surface area contributed by atoms with E-state index in [1.54, 1.807) is 6.07 Å². The number of Topliss-reactive ketones (excluding diaryl/α,β-unsaturated/α-hetero) is 1. The predicted molar refractivity (Wildman–Crippen MR) is 75.8 cm³/mol. The molecular weight excluding hydrogens is 256 g/mol. The molecule has 1 heterocycles. The smallest absolute Gasteiger partial charge is 0.220 e. The number of aryl methyl sites for hydroxylation is 1. The number of carbonyl (C=O) groups excluding carboxylic acids is 2. The summed E-state index contributed by atoms with van der Waals surface area (Å²) in [5.41, 5.74) is 6.86. The molecule has 0 radical (unpaired) electrons. The number of hydrogen-bond donors (Lipinski definition) is 2. The molecule has 20 heavy (non-hydrogen) atoms. The van der Waals surface area contributed by atoms with Gasteiger partial charge in [-0.3, -0.25) is 9.59 Å². The molecule has 108 valence electrons. The van der Waals surface area contributed by atoms with E-state index < -0.39 is 6.04 Å². The Hall–Kier alpha value is -1.88. The zero-order valence-corrected chi connectivity index (χ0v) is 11.6. The number of nitrogens with one attached hydrogen (secondary N) is 1. The van der Waals surface area contributed by atoms with E-state index in [0.29, 0.717) is 43.7 Å². The number of para-hydroxylation sites is 1. The van der Waals surface area contributed by atoms with Crippen molar-refractivity contribution in [1.29, 1.82) is 0 Å².